The zero-order valence-corrected chi connectivity index (χ0v) is 10.9. The number of rotatable bonds is 1. The molecule has 3 rings (SSSR count). The Hall–Kier alpha value is -1.65. The van der Waals surface area contributed by atoms with Crippen LogP contribution in [-0.4, -0.2) is 19.6 Å². The van der Waals surface area contributed by atoms with Gasteiger partial charge in [-0.3, -0.25) is 4.40 Å². The van der Waals surface area contributed by atoms with E-state index in [9.17, 15) is 0 Å². The first-order chi connectivity index (χ1) is 8.66. The number of hydrogen-bond acceptors (Lipinski definition) is 3. The Bertz CT molecular complexity index is 736. The van der Waals surface area contributed by atoms with E-state index in [-0.39, 0.29) is 0 Å². The second kappa shape index (κ2) is 4.23. The maximum atomic E-state index is 6.12. The number of fused-ring (bicyclic) bond motifs is 1. The Morgan fingerprint density at radius 2 is 2.00 bits per heavy atom. The van der Waals surface area contributed by atoms with Crippen molar-refractivity contribution < 1.29 is 0 Å². The van der Waals surface area contributed by atoms with Crippen molar-refractivity contribution in [3.8, 4) is 11.4 Å². The summed E-state index contributed by atoms with van der Waals surface area (Å²) in [6, 6.07) is 5.76. The van der Waals surface area contributed by atoms with E-state index in [4.69, 9.17) is 23.2 Å². The van der Waals surface area contributed by atoms with Crippen molar-refractivity contribution in [2.75, 3.05) is 0 Å². The average molecular weight is 279 g/mol. The zero-order chi connectivity index (χ0) is 12.7. The van der Waals surface area contributed by atoms with Gasteiger partial charge in [-0.1, -0.05) is 35.3 Å². The highest BCUT2D eigenvalue weighted by molar-refractivity contribution is 6.32. The van der Waals surface area contributed by atoms with Gasteiger partial charge in [0.1, 0.15) is 0 Å². The van der Waals surface area contributed by atoms with Gasteiger partial charge in [0.05, 0.1) is 0 Å². The molecule has 0 aliphatic rings. The van der Waals surface area contributed by atoms with Crippen molar-refractivity contribution in [2.24, 2.45) is 0 Å². The molecule has 0 atom stereocenters. The van der Waals surface area contributed by atoms with E-state index in [1.54, 1.807) is 16.8 Å². The van der Waals surface area contributed by atoms with Gasteiger partial charge in [-0.15, -0.1) is 10.2 Å². The molecule has 0 radical (unpaired) electrons. The summed E-state index contributed by atoms with van der Waals surface area (Å²) in [6.07, 6.45) is 3.38. The molecule has 90 valence electrons. The lowest BCUT2D eigenvalue weighted by Gasteiger charge is -2.02. The molecule has 0 saturated carbocycles. The highest BCUT2D eigenvalue weighted by Crippen LogP contribution is 2.25. The van der Waals surface area contributed by atoms with Gasteiger partial charge in [0.15, 0.2) is 16.6 Å². The van der Waals surface area contributed by atoms with Crippen LogP contribution in [0.4, 0.5) is 0 Å². The molecular formula is C12H8Cl2N4. The van der Waals surface area contributed by atoms with Crippen LogP contribution in [-0.2, 0) is 0 Å². The Kier molecular flexibility index (Phi) is 2.69. The van der Waals surface area contributed by atoms with Crippen LogP contribution in [0.25, 0.3) is 17.0 Å². The minimum absolute atomic E-state index is 0.328. The lowest BCUT2D eigenvalue weighted by molar-refractivity contribution is 1.11. The fourth-order valence-electron chi connectivity index (χ4n) is 1.73. The summed E-state index contributed by atoms with van der Waals surface area (Å²) >= 11 is 12.1. The van der Waals surface area contributed by atoms with E-state index >= 15 is 0 Å². The van der Waals surface area contributed by atoms with Gasteiger partial charge in [0.2, 0.25) is 0 Å². The third-order valence-electron chi connectivity index (χ3n) is 2.71. The molecule has 0 saturated heterocycles. The predicted molar refractivity (Wildman–Crippen MR) is 71.0 cm³/mol. The van der Waals surface area contributed by atoms with Crippen LogP contribution >= 0.6 is 23.2 Å². The summed E-state index contributed by atoms with van der Waals surface area (Å²) in [5.41, 5.74) is 2.44. The number of nitrogens with zero attached hydrogens (tertiary/aromatic N) is 4. The Balaban J connectivity index is 2.25. The van der Waals surface area contributed by atoms with Gasteiger partial charge in [-0.05, 0) is 18.6 Å². The Morgan fingerprint density at radius 1 is 1.17 bits per heavy atom. The van der Waals surface area contributed by atoms with Gasteiger partial charge in [0, 0.05) is 23.0 Å². The normalized spacial score (nSPS) is 11.1. The molecular weight excluding hydrogens is 271 g/mol. The highest BCUT2D eigenvalue weighted by atomic mass is 35.5. The smallest absolute Gasteiger partial charge is 0.198 e. The minimum atomic E-state index is 0.328. The quantitative estimate of drug-likeness (QED) is 0.685. The first-order valence-electron chi connectivity index (χ1n) is 5.28. The molecule has 0 aliphatic carbocycles. The molecule has 4 nitrogen and oxygen atoms in total. The summed E-state index contributed by atoms with van der Waals surface area (Å²) in [6.45, 7) is 1.95. The molecule has 0 amide bonds. The number of halogens is 2. The molecule has 0 bridgehead atoms. The van der Waals surface area contributed by atoms with Gasteiger partial charge in [-0.2, -0.15) is 0 Å². The van der Waals surface area contributed by atoms with E-state index in [1.807, 2.05) is 25.1 Å². The maximum absolute atomic E-state index is 6.12. The van der Waals surface area contributed by atoms with Crippen LogP contribution in [0.5, 0.6) is 0 Å². The molecule has 3 aromatic rings. The predicted octanol–water partition coefficient (Wildman–Crippen LogP) is 3.41. The van der Waals surface area contributed by atoms with E-state index < -0.39 is 0 Å². The fraction of sp³-hybridized carbons (Fsp3) is 0.0833. The summed E-state index contributed by atoms with van der Waals surface area (Å²) in [5.74, 6) is 0.691. The van der Waals surface area contributed by atoms with E-state index in [1.165, 1.54) is 0 Å². The van der Waals surface area contributed by atoms with Crippen LogP contribution in [0.2, 0.25) is 10.2 Å². The van der Waals surface area contributed by atoms with Gasteiger partial charge in [-0.25, -0.2) is 4.98 Å². The molecule has 18 heavy (non-hydrogen) atoms. The second-order valence-corrected chi connectivity index (χ2v) is 4.66. The maximum Gasteiger partial charge on any atom is 0.198 e. The van der Waals surface area contributed by atoms with Crippen LogP contribution in [0.1, 0.15) is 5.56 Å². The van der Waals surface area contributed by atoms with Crippen LogP contribution in [0, 0.1) is 6.92 Å². The molecule has 0 aliphatic heterocycles. The minimum Gasteiger partial charge on any atom is -0.278 e. The first kappa shape index (κ1) is 11.4. The van der Waals surface area contributed by atoms with Crippen LogP contribution < -0.4 is 0 Å². The first-order valence-corrected chi connectivity index (χ1v) is 6.04. The number of benzene rings is 1. The average Bonchev–Trinajstić information content (AvgIpc) is 2.78. The molecule has 0 N–H and O–H groups in total. The SMILES string of the molecule is Cc1ccc(-c2nnc3c(Cl)nccn23)cc1Cl. The molecule has 0 unspecified atom stereocenters. The van der Waals surface area contributed by atoms with E-state index in [0.717, 1.165) is 11.1 Å². The largest absolute Gasteiger partial charge is 0.278 e. The highest BCUT2D eigenvalue weighted by Gasteiger charge is 2.11. The van der Waals surface area contributed by atoms with Crippen molar-refractivity contribution in [1.29, 1.82) is 0 Å². The van der Waals surface area contributed by atoms with Crippen LogP contribution in [0.3, 0.4) is 0 Å². The summed E-state index contributed by atoms with van der Waals surface area (Å²) < 4.78 is 1.79. The Labute approximate surface area is 113 Å². The third kappa shape index (κ3) is 1.74. The van der Waals surface area contributed by atoms with Gasteiger partial charge < -0.3 is 0 Å². The monoisotopic (exact) mass is 278 g/mol. The molecule has 0 fully saturated rings. The van der Waals surface area contributed by atoms with E-state index in [0.29, 0.717) is 21.6 Å². The fourth-order valence-corrected chi connectivity index (χ4v) is 2.09. The lowest BCUT2D eigenvalue weighted by atomic mass is 10.1. The van der Waals surface area contributed by atoms with Crippen molar-refractivity contribution in [1.82, 2.24) is 19.6 Å². The standard InChI is InChI=1S/C12H8Cl2N4/c1-7-2-3-8(6-9(7)13)11-16-17-12-10(14)15-4-5-18(11)12/h2-6H,1H3. The molecule has 2 heterocycles. The van der Waals surface area contributed by atoms with Gasteiger partial charge in [0.25, 0.3) is 0 Å². The zero-order valence-electron chi connectivity index (χ0n) is 9.43. The topological polar surface area (TPSA) is 43.1 Å². The van der Waals surface area contributed by atoms with Crippen LogP contribution in [0.15, 0.2) is 30.6 Å². The number of hydrogen-bond donors (Lipinski definition) is 0. The summed E-state index contributed by atoms with van der Waals surface area (Å²) in [7, 11) is 0. The summed E-state index contributed by atoms with van der Waals surface area (Å²) in [5, 5.41) is 9.18. The third-order valence-corrected chi connectivity index (χ3v) is 3.39. The second-order valence-electron chi connectivity index (χ2n) is 3.90. The van der Waals surface area contributed by atoms with Crippen molar-refractivity contribution in [3.05, 3.63) is 46.3 Å². The summed E-state index contributed by atoms with van der Waals surface area (Å²) in [4.78, 5) is 3.96. The Morgan fingerprint density at radius 3 is 2.78 bits per heavy atom. The van der Waals surface area contributed by atoms with Crippen molar-refractivity contribution in [3.63, 3.8) is 0 Å². The number of aryl methyl sites for hydroxylation is 1. The molecule has 0 spiro atoms. The van der Waals surface area contributed by atoms with Gasteiger partial charge >= 0.3 is 0 Å². The lowest BCUT2D eigenvalue weighted by Crippen LogP contribution is -1.91. The van der Waals surface area contributed by atoms with Crippen molar-refractivity contribution >= 4 is 28.8 Å². The molecule has 6 heteroatoms. The van der Waals surface area contributed by atoms with Crippen molar-refractivity contribution in [2.45, 2.75) is 6.92 Å². The number of aromatic nitrogens is 4. The molecule has 1 aromatic carbocycles. The molecule has 2 aromatic heterocycles. The van der Waals surface area contributed by atoms with E-state index in [2.05, 4.69) is 15.2 Å².